The molecule has 1 heterocycles. The molecule has 1 N–H and O–H groups in total. The van der Waals surface area contributed by atoms with Crippen LogP contribution < -0.4 is 5.32 Å². The Labute approximate surface area is 139 Å². The van der Waals surface area contributed by atoms with Crippen LogP contribution in [-0.4, -0.2) is 9.78 Å². The van der Waals surface area contributed by atoms with Gasteiger partial charge in [-0.15, -0.1) is 0 Å². The van der Waals surface area contributed by atoms with Crippen molar-refractivity contribution in [3.05, 3.63) is 40.5 Å². The fourth-order valence-corrected chi connectivity index (χ4v) is 3.74. The molecule has 1 aromatic carbocycles. The van der Waals surface area contributed by atoms with Crippen LogP contribution in [0.2, 0.25) is 0 Å². The molecule has 4 nitrogen and oxygen atoms in total. The van der Waals surface area contributed by atoms with Crippen molar-refractivity contribution >= 4 is 27.4 Å². The Morgan fingerprint density at radius 2 is 2.05 bits per heavy atom. The summed E-state index contributed by atoms with van der Waals surface area (Å²) in [6.45, 7) is 0. The number of para-hydroxylation sites is 1. The number of anilines is 2. The lowest BCUT2D eigenvalue weighted by atomic mass is 9.70. The summed E-state index contributed by atoms with van der Waals surface area (Å²) in [6.07, 6.45) is 7.08. The van der Waals surface area contributed by atoms with Crippen molar-refractivity contribution in [2.45, 2.75) is 37.5 Å². The lowest BCUT2D eigenvalue weighted by Crippen LogP contribution is -2.28. The third-order valence-electron chi connectivity index (χ3n) is 4.52. The highest BCUT2D eigenvalue weighted by Crippen LogP contribution is 2.44. The van der Waals surface area contributed by atoms with Crippen molar-refractivity contribution in [1.82, 2.24) is 9.78 Å². The van der Waals surface area contributed by atoms with Crippen molar-refractivity contribution in [3.63, 3.8) is 0 Å². The van der Waals surface area contributed by atoms with E-state index in [2.05, 4.69) is 38.5 Å². The summed E-state index contributed by atoms with van der Waals surface area (Å²) in [7, 11) is 1.90. The molecule has 114 valence electrons. The molecule has 1 fully saturated rings. The van der Waals surface area contributed by atoms with Gasteiger partial charge in [0.2, 0.25) is 0 Å². The van der Waals surface area contributed by atoms with Gasteiger partial charge < -0.3 is 5.32 Å². The maximum absolute atomic E-state index is 9.88. The number of nitrogens with zero attached hydrogens (tertiary/aromatic N) is 3. The van der Waals surface area contributed by atoms with E-state index in [1.807, 2.05) is 25.2 Å². The monoisotopic (exact) mass is 358 g/mol. The van der Waals surface area contributed by atoms with Crippen LogP contribution in [0.25, 0.3) is 0 Å². The fourth-order valence-electron chi connectivity index (χ4n) is 3.27. The Kier molecular flexibility index (Phi) is 4.21. The van der Waals surface area contributed by atoms with Gasteiger partial charge in [-0.3, -0.25) is 4.68 Å². The van der Waals surface area contributed by atoms with Gasteiger partial charge in [0, 0.05) is 17.6 Å². The van der Waals surface area contributed by atoms with Crippen molar-refractivity contribution < 1.29 is 0 Å². The number of nitriles is 1. The van der Waals surface area contributed by atoms with Gasteiger partial charge >= 0.3 is 0 Å². The third kappa shape index (κ3) is 2.64. The normalized spacial score (nSPS) is 17.0. The van der Waals surface area contributed by atoms with E-state index in [-0.39, 0.29) is 5.41 Å². The van der Waals surface area contributed by atoms with E-state index in [1.54, 1.807) is 10.9 Å². The zero-order valence-electron chi connectivity index (χ0n) is 12.6. The maximum atomic E-state index is 9.88. The summed E-state index contributed by atoms with van der Waals surface area (Å²) in [6, 6.07) is 10.7. The van der Waals surface area contributed by atoms with Gasteiger partial charge in [0.1, 0.15) is 5.82 Å². The summed E-state index contributed by atoms with van der Waals surface area (Å²) in [5.41, 5.74) is 1.68. The molecule has 2 aromatic rings. The Morgan fingerprint density at radius 1 is 1.27 bits per heavy atom. The summed E-state index contributed by atoms with van der Waals surface area (Å²) < 4.78 is 2.77. The number of aryl methyl sites for hydroxylation is 1. The Hall–Kier alpha value is -1.80. The Balaban J connectivity index is 2.07. The average molecular weight is 359 g/mol. The standard InChI is InChI=1S/C17H19BrN4/c1-22-15(8-11-20-22)21-16-13(6-5-7-14(16)18)17(12-19)9-3-2-4-10-17/h5-8,11,21H,2-4,9-10H2,1H3. The molecule has 3 rings (SSSR count). The summed E-state index contributed by atoms with van der Waals surface area (Å²) in [5, 5.41) is 17.5. The Bertz CT molecular complexity index is 708. The first-order valence-electron chi connectivity index (χ1n) is 7.61. The molecule has 0 bridgehead atoms. The quantitative estimate of drug-likeness (QED) is 0.868. The minimum absolute atomic E-state index is 0.386. The van der Waals surface area contributed by atoms with Gasteiger partial charge in [0.05, 0.1) is 23.4 Å². The van der Waals surface area contributed by atoms with E-state index in [0.29, 0.717) is 0 Å². The molecule has 1 saturated carbocycles. The topological polar surface area (TPSA) is 53.6 Å². The number of halogens is 1. The van der Waals surface area contributed by atoms with Gasteiger partial charge in [0.25, 0.3) is 0 Å². The zero-order valence-corrected chi connectivity index (χ0v) is 14.2. The fraction of sp³-hybridized carbons (Fsp3) is 0.412. The van der Waals surface area contributed by atoms with Crippen LogP contribution in [0.3, 0.4) is 0 Å². The molecule has 0 unspecified atom stereocenters. The number of hydrogen-bond donors (Lipinski definition) is 1. The average Bonchev–Trinajstić information content (AvgIpc) is 2.95. The van der Waals surface area contributed by atoms with Gasteiger partial charge in [-0.05, 0) is 40.4 Å². The second-order valence-corrected chi connectivity index (χ2v) is 6.74. The van der Waals surface area contributed by atoms with Crippen LogP contribution in [0.4, 0.5) is 11.5 Å². The molecule has 0 atom stereocenters. The van der Waals surface area contributed by atoms with Crippen molar-refractivity contribution in [3.8, 4) is 6.07 Å². The second kappa shape index (κ2) is 6.13. The number of aromatic nitrogens is 2. The highest BCUT2D eigenvalue weighted by Gasteiger charge is 2.36. The van der Waals surface area contributed by atoms with Gasteiger partial charge in [-0.1, -0.05) is 31.4 Å². The molecule has 1 aromatic heterocycles. The molecule has 0 aliphatic heterocycles. The number of benzene rings is 1. The third-order valence-corrected chi connectivity index (χ3v) is 5.19. The molecular weight excluding hydrogens is 340 g/mol. The molecule has 1 aliphatic carbocycles. The summed E-state index contributed by atoms with van der Waals surface area (Å²) >= 11 is 3.64. The second-order valence-electron chi connectivity index (χ2n) is 5.88. The number of nitrogens with one attached hydrogen (secondary N) is 1. The first-order chi connectivity index (χ1) is 10.7. The van der Waals surface area contributed by atoms with Crippen LogP contribution in [-0.2, 0) is 12.5 Å². The van der Waals surface area contributed by atoms with E-state index < -0.39 is 0 Å². The van der Waals surface area contributed by atoms with Crippen molar-refractivity contribution in [2.75, 3.05) is 5.32 Å². The van der Waals surface area contributed by atoms with Gasteiger partial charge in [-0.25, -0.2) is 0 Å². The maximum Gasteiger partial charge on any atom is 0.128 e. The molecule has 5 heteroatoms. The summed E-state index contributed by atoms with van der Waals surface area (Å²) in [5.74, 6) is 0.914. The zero-order chi connectivity index (χ0) is 15.6. The van der Waals surface area contributed by atoms with E-state index in [9.17, 15) is 5.26 Å². The first-order valence-corrected chi connectivity index (χ1v) is 8.41. The molecule has 0 amide bonds. The van der Waals surface area contributed by atoms with Crippen LogP contribution in [0, 0.1) is 11.3 Å². The highest BCUT2D eigenvalue weighted by atomic mass is 79.9. The SMILES string of the molecule is Cn1nccc1Nc1c(Br)cccc1C1(C#N)CCCCC1. The minimum Gasteiger partial charge on any atom is -0.339 e. The minimum atomic E-state index is -0.386. The molecule has 0 radical (unpaired) electrons. The van der Waals surface area contributed by atoms with Crippen LogP contribution in [0.1, 0.15) is 37.7 Å². The largest absolute Gasteiger partial charge is 0.339 e. The molecule has 22 heavy (non-hydrogen) atoms. The molecule has 0 saturated heterocycles. The van der Waals surface area contributed by atoms with E-state index >= 15 is 0 Å². The number of rotatable bonds is 3. The van der Waals surface area contributed by atoms with E-state index in [0.717, 1.165) is 47.2 Å². The van der Waals surface area contributed by atoms with Crippen LogP contribution >= 0.6 is 15.9 Å². The predicted octanol–water partition coefficient (Wildman–Crippen LogP) is 4.65. The van der Waals surface area contributed by atoms with Crippen LogP contribution in [0.15, 0.2) is 34.9 Å². The Morgan fingerprint density at radius 3 is 2.68 bits per heavy atom. The van der Waals surface area contributed by atoms with Gasteiger partial charge in [0.15, 0.2) is 0 Å². The molecule has 0 spiro atoms. The van der Waals surface area contributed by atoms with E-state index in [1.165, 1.54) is 6.42 Å². The van der Waals surface area contributed by atoms with Crippen molar-refractivity contribution in [1.29, 1.82) is 5.26 Å². The highest BCUT2D eigenvalue weighted by molar-refractivity contribution is 9.10. The first kappa shape index (κ1) is 15.1. The molecule has 1 aliphatic rings. The summed E-state index contributed by atoms with van der Waals surface area (Å²) in [4.78, 5) is 0. The lowest BCUT2D eigenvalue weighted by Gasteiger charge is -2.33. The van der Waals surface area contributed by atoms with E-state index in [4.69, 9.17) is 0 Å². The van der Waals surface area contributed by atoms with Gasteiger partial charge in [-0.2, -0.15) is 10.4 Å². The smallest absolute Gasteiger partial charge is 0.128 e. The van der Waals surface area contributed by atoms with Crippen LogP contribution in [0.5, 0.6) is 0 Å². The predicted molar refractivity (Wildman–Crippen MR) is 91.0 cm³/mol. The van der Waals surface area contributed by atoms with Crippen molar-refractivity contribution in [2.24, 2.45) is 7.05 Å². The molecular formula is C17H19BrN4. The lowest BCUT2D eigenvalue weighted by molar-refractivity contribution is 0.367. The number of hydrogen-bond acceptors (Lipinski definition) is 3.